The Morgan fingerprint density at radius 3 is 2.70 bits per heavy atom. The maximum atomic E-state index is 12.8. The number of aromatic nitrogens is 1. The monoisotopic (exact) mass is 377 g/mol. The van der Waals surface area contributed by atoms with Gasteiger partial charge in [0.2, 0.25) is 0 Å². The fourth-order valence-electron chi connectivity index (χ4n) is 3.25. The lowest BCUT2D eigenvalue weighted by Gasteiger charge is -2.05. The SMILES string of the molecule is Cc1ccc(-c2nc(C)c(C(=O)Nc3ccc4c(c3)C(=O)NC4)s2)c(C)c1. The summed E-state index contributed by atoms with van der Waals surface area (Å²) < 4.78 is 0. The van der Waals surface area contributed by atoms with Crippen LogP contribution >= 0.6 is 11.3 Å². The highest BCUT2D eigenvalue weighted by atomic mass is 32.1. The smallest absolute Gasteiger partial charge is 0.267 e. The molecular formula is C21H19N3O2S. The summed E-state index contributed by atoms with van der Waals surface area (Å²) in [5.41, 5.74) is 6.25. The maximum absolute atomic E-state index is 12.8. The molecule has 27 heavy (non-hydrogen) atoms. The molecule has 5 nitrogen and oxygen atoms in total. The van der Waals surface area contributed by atoms with Crippen molar-refractivity contribution >= 4 is 28.8 Å². The van der Waals surface area contributed by atoms with E-state index >= 15 is 0 Å². The summed E-state index contributed by atoms with van der Waals surface area (Å²) in [6.45, 7) is 6.48. The zero-order chi connectivity index (χ0) is 19.1. The van der Waals surface area contributed by atoms with Crippen molar-refractivity contribution in [2.24, 2.45) is 0 Å². The molecule has 0 saturated carbocycles. The molecule has 0 atom stereocenters. The second-order valence-electron chi connectivity index (χ2n) is 6.76. The Labute approximate surface area is 161 Å². The van der Waals surface area contributed by atoms with E-state index in [-0.39, 0.29) is 11.8 Å². The van der Waals surface area contributed by atoms with E-state index in [4.69, 9.17) is 0 Å². The molecule has 1 aliphatic rings. The second kappa shape index (κ2) is 6.63. The summed E-state index contributed by atoms with van der Waals surface area (Å²) in [4.78, 5) is 29.7. The van der Waals surface area contributed by atoms with Crippen LogP contribution in [-0.2, 0) is 6.54 Å². The highest BCUT2D eigenvalue weighted by molar-refractivity contribution is 7.17. The van der Waals surface area contributed by atoms with Gasteiger partial charge < -0.3 is 10.6 Å². The van der Waals surface area contributed by atoms with Crippen LogP contribution in [0.3, 0.4) is 0 Å². The number of fused-ring (bicyclic) bond motifs is 1. The molecule has 2 N–H and O–H groups in total. The fourth-order valence-corrected chi connectivity index (χ4v) is 4.31. The average Bonchev–Trinajstić information content (AvgIpc) is 3.18. The number of benzene rings is 2. The van der Waals surface area contributed by atoms with E-state index in [2.05, 4.69) is 41.6 Å². The summed E-state index contributed by atoms with van der Waals surface area (Å²) in [6, 6.07) is 11.6. The molecule has 1 aliphatic heterocycles. The van der Waals surface area contributed by atoms with E-state index in [1.54, 1.807) is 6.07 Å². The predicted octanol–water partition coefficient (Wildman–Crippen LogP) is 4.23. The molecule has 136 valence electrons. The van der Waals surface area contributed by atoms with E-state index < -0.39 is 0 Å². The number of amides is 2. The molecule has 0 saturated heterocycles. The Kier molecular flexibility index (Phi) is 4.28. The van der Waals surface area contributed by atoms with E-state index in [0.717, 1.165) is 21.7 Å². The van der Waals surface area contributed by atoms with E-state index in [1.165, 1.54) is 16.9 Å². The maximum Gasteiger partial charge on any atom is 0.267 e. The van der Waals surface area contributed by atoms with Gasteiger partial charge in [-0.1, -0.05) is 29.8 Å². The number of carbonyl (C=O) groups excluding carboxylic acids is 2. The minimum atomic E-state index is -0.209. The lowest BCUT2D eigenvalue weighted by molar-refractivity contribution is 0.0964. The fraction of sp³-hybridized carbons (Fsp3) is 0.190. The Morgan fingerprint density at radius 2 is 1.93 bits per heavy atom. The summed E-state index contributed by atoms with van der Waals surface area (Å²) in [5.74, 6) is -0.313. The largest absolute Gasteiger partial charge is 0.348 e. The first kappa shape index (κ1) is 17.4. The molecular weight excluding hydrogens is 358 g/mol. The molecule has 3 aromatic rings. The van der Waals surface area contributed by atoms with Gasteiger partial charge in [0.05, 0.1) is 5.69 Å². The number of anilines is 1. The van der Waals surface area contributed by atoms with Crippen LogP contribution in [-0.4, -0.2) is 16.8 Å². The number of hydrogen-bond acceptors (Lipinski definition) is 4. The van der Waals surface area contributed by atoms with Crippen LogP contribution in [0, 0.1) is 20.8 Å². The zero-order valence-electron chi connectivity index (χ0n) is 15.3. The predicted molar refractivity (Wildman–Crippen MR) is 107 cm³/mol. The molecule has 2 heterocycles. The number of rotatable bonds is 3. The van der Waals surface area contributed by atoms with Gasteiger partial charge in [-0.3, -0.25) is 9.59 Å². The molecule has 0 aliphatic carbocycles. The van der Waals surface area contributed by atoms with Crippen molar-refractivity contribution in [3.05, 3.63) is 69.2 Å². The molecule has 2 amide bonds. The van der Waals surface area contributed by atoms with Gasteiger partial charge >= 0.3 is 0 Å². The van der Waals surface area contributed by atoms with Gasteiger partial charge in [-0.05, 0) is 44.0 Å². The van der Waals surface area contributed by atoms with Crippen LogP contribution in [0.4, 0.5) is 5.69 Å². The van der Waals surface area contributed by atoms with Gasteiger partial charge in [-0.2, -0.15) is 0 Å². The number of hydrogen-bond donors (Lipinski definition) is 2. The van der Waals surface area contributed by atoms with Crippen molar-refractivity contribution in [3.8, 4) is 10.6 Å². The standard InChI is InChI=1S/C21H19N3O2S/c1-11-4-7-16(12(2)8-11)21-23-13(3)18(27-21)20(26)24-15-6-5-14-10-22-19(25)17(14)9-15/h4-9H,10H2,1-3H3,(H,22,25)(H,24,26). The molecule has 0 radical (unpaired) electrons. The molecule has 0 fully saturated rings. The van der Waals surface area contributed by atoms with Crippen molar-refractivity contribution in [3.63, 3.8) is 0 Å². The molecule has 0 bridgehead atoms. The van der Waals surface area contributed by atoms with Crippen LogP contribution < -0.4 is 10.6 Å². The lowest BCUT2D eigenvalue weighted by Crippen LogP contribution is -2.13. The van der Waals surface area contributed by atoms with Crippen molar-refractivity contribution in [2.75, 3.05) is 5.32 Å². The number of nitrogens with one attached hydrogen (secondary N) is 2. The molecule has 4 rings (SSSR count). The van der Waals surface area contributed by atoms with Gasteiger partial charge in [0.1, 0.15) is 9.88 Å². The van der Waals surface area contributed by atoms with Gasteiger partial charge in [-0.15, -0.1) is 11.3 Å². The number of nitrogens with zero attached hydrogens (tertiary/aromatic N) is 1. The van der Waals surface area contributed by atoms with Crippen LogP contribution in [0.1, 0.15) is 42.4 Å². The van der Waals surface area contributed by atoms with Crippen LogP contribution in [0.25, 0.3) is 10.6 Å². The highest BCUT2D eigenvalue weighted by Gasteiger charge is 2.21. The second-order valence-corrected chi connectivity index (χ2v) is 7.76. The van der Waals surface area contributed by atoms with Crippen molar-refractivity contribution in [1.29, 1.82) is 0 Å². The molecule has 1 aromatic heterocycles. The number of carbonyl (C=O) groups is 2. The average molecular weight is 377 g/mol. The van der Waals surface area contributed by atoms with Crippen molar-refractivity contribution in [2.45, 2.75) is 27.3 Å². The Bertz CT molecular complexity index is 1090. The first-order valence-corrected chi connectivity index (χ1v) is 9.51. The lowest BCUT2D eigenvalue weighted by atomic mass is 10.1. The van der Waals surface area contributed by atoms with Gasteiger partial charge in [-0.25, -0.2) is 4.98 Å². The third-order valence-corrected chi connectivity index (χ3v) is 5.86. The topological polar surface area (TPSA) is 71.1 Å². The van der Waals surface area contributed by atoms with Crippen LogP contribution in [0.2, 0.25) is 0 Å². The molecule has 0 spiro atoms. The van der Waals surface area contributed by atoms with Crippen molar-refractivity contribution < 1.29 is 9.59 Å². The van der Waals surface area contributed by atoms with E-state index in [1.807, 2.05) is 25.1 Å². The third-order valence-electron chi connectivity index (χ3n) is 4.67. The van der Waals surface area contributed by atoms with Gasteiger partial charge in [0.15, 0.2) is 0 Å². The summed E-state index contributed by atoms with van der Waals surface area (Å²) in [6.07, 6.45) is 0. The third kappa shape index (κ3) is 3.24. The van der Waals surface area contributed by atoms with Gasteiger partial charge in [0, 0.05) is 23.4 Å². The minimum absolute atomic E-state index is 0.104. The molecule has 0 unspecified atom stereocenters. The van der Waals surface area contributed by atoms with Crippen LogP contribution in [0.15, 0.2) is 36.4 Å². The normalized spacial score (nSPS) is 12.6. The Hall–Kier alpha value is -2.99. The number of thiazole rings is 1. The first-order valence-electron chi connectivity index (χ1n) is 8.70. The highest BCUT2D eigenvalue weighted by Crippen LogP contribution is 2.31. The molecule has 2 aromatic carbocycles. The summed E-state index contributed by atoms with van der Waals surface area (Å²) >= 11 is 1.38. The zero-order valence-corrected chi connectivity index (χ0v) is 16.2. The summed E-state index contributed by atoms with van der Waals surface area (Å²) in [7, 11) is 0. The van der Waals surface area contributed by atoms with E-state index in [9.17, 15) is 9.59 Å². The Balaban J connectivity index is 1.61. The summed E-state index contributed by atoms with van der Waals surface area (Å²) in [5, 5.41) is 6.50. The Morgan fingerprint density at radius 1 is 1.11 bits per heavy atom. The van der Waals surface area contributed by atoms with Crippen molar-refractivity contribution in [1.82, 2.24) is 10.3 Å². The first-order chi connectivity index (χ1) is 12.9. The number of aryl methyl sites for hydroxylation is 3. The molecule has 6 heteroatoms. The van der Waals surface area contributed by atoms with Crippen LogP contribution in [0.5, 0.6) is 0 Å². The minimum Gasteiger partial charge on any atom is -0.348 e. The van der Waals surface area contributed by atoms with E-state index in [0.29, 0.717) is 28.4 Å². The quantitative estimate of drug-likeness (QED) is 0.717. The van der Waals surface area contributed by atoms with Gasteiger partial charge in [0.25, 0.3) is 11.8 Å².